The number of hydrogen-bond donors (Lipinski definition) is 1. The van der Waals surface area contributed by atoms with Gasteiger partial charge in [0.1, 0.15) is 0 Å². The molecular formula is C17H34N2O2. The highest BCUT2D eigenvalue weighted by Crippen LogP contribution is 2.13. The van der Waals surface area contributed by atoms with E-state index in [1.54, 1.807) is 0 Å². The molecule has 4 heteroatoms. The number of hydrogen-bond acceptors (Lipinski definition) is 3. The molecule has 0 radical (unpaired) electrons. The molecule has 1 saturated heterocycles. The molecule has 1 rings (SSSR count). The van der Waals surface area contributed by atoms with Crippen molar-refractivity contribution in [2.45, 2.75) is 77.2 Å². The highest BCUT2D eigenvalue weighted by atomic mass is 16.5. The molecule has 4 nitrogen and oxygen atoms in total. The Morgan fingerprint density at radius 3 is 2.33 bits per heavy atom. The summed E-state index contributed by atoms with van der Waals surface area (Å²) in [5.74, 6) is 0.261. The number of rotatable bonds is 11. The first-order chi connectivity index (χ1) is 10.3. The van der Waals surface area contributed by atoms with Crippen LogP contribution in [0.3, 0.4) is 0 Å². The minimum absolute atomic E-state index is 0.0878. The van der Waals surface area contributed by atoms with Gasteiger partial charge >= 0.3 is 0 Å². The van der Waals surface area contributed by atoms with Crippen LogP contribution in [0.2, 0.25) is 0 Å². The lowest BCUT2D eigenvalue weighted by atomic mass is 10.1. The fourth-order valence-corrected chi connectivity index (χ4v) is 2.91. The molecule has 1 aliphatic heterocycles. The van der Waals surface area contributed by atoms with Crippen molar-refractivity contribution in [2.75, 3.05) is 26.3 Å². The van der Waals surface area contributed by atoms with Crippen LogP contribution in [0, 0.1) is 0 Å². The Morgan fingerprint density at radius 2 is 1.71 bits per heavy atom. The van der Waals surface area contributed by atoms with Crippen molar-refractivity contribution in [3.63, 3.8) is 0 Å². The zero-order valence-corrected chi connectivity index (χ0v) is 13.8. The number of ether oxygens (including phenoxy) is 1. The molecule has 0 aliphatic carbocycles. The van der Waals surface area contributed by atoms with Gasteiger partial charge in [-0.1, -0.05) is 58.3 Å². The first-order valence-electron chi connectivity index (χ1n) is 8.86. The largest absolute Gasteiger partial charge is 0.377 e. The minimum Gasteiger partial charge on any atom is -0.377 e. The van der Waals surface area contributed by atoms with Crippen molar-refractivity contribution in [3.8, 4) is 0 Å². The van der Waals surface area contributed by atoms with Crippen LogP contribution in [0.25, 0.3) is 0 Å². The summed E-state index contributed by atoms with van der Waals surface area (Å²) in [6.07, 6.45) is 12.2. The third-order valence-electron chi connectivity index (χ3n) is 4.31. The molecule has 2 N–H and O–H groups in total. The molecule has 21 heavy (non-hydrogen) atoms. The van der Waals surface area contributed by atoms with E-state index in [-0.39, 0.29) is 11.9 Å². The van der Waals surface area contributed by atoms with Gasteiger partial charge in [0.05, 0.1) is 19.3 Å². The maximum atomic E-state index is 12.2. The number of unbranched alkanes of at least 4 members (excludes halogenated alkanes) is 8. The molecule has 0 bridgehead atoms. The first kappa shape index (κ1) is 18.4. The Hall–Kier alpha value is -0.610. The van der Waals surface area contributed by atoms with Gasteiger partial charge in [-0.3, -0.25) is 4.79 Å². The third-order valence-corrected chi connectivity index (χ3v) is 4.31. The molecule has 1 aliphatic rings. The van der Waals surface area contributed by atoms with Crippen LogP contribution >= 0.6 is 0 Å². The van der Waals surface area contributed by atoms with E-state index < -0.39 is 0 Å². The fourth-order valence-electron chi connectivity index (χ4n) is 2.91. The van der Waals surface area contributed by atoms with Crippen molar-refractivity contribution in [2.24, 2.45) is 5.73 Å². The van der Waals surface area contributed by atoms with Crippen LogP contribution in [-0.2, 0) is 9.53 Å². The summed E-state index contributed by atoms with van der Waals surface area (Å²) in [4.78, 5) is 14.1. The zero-order valence-electron chi connectivity index (χ0n) is 13.8. The van der Waals surface area contributed by atoms with Crippen molar-refractivity contribution in [3.05, 3.63) is 0 Å². The average molecular weight is 298 g/mol. The molecule has 0 spiro atoms. The van der Waals surface area contributed by atoms with Crippen LogP contribution < -0.4 is 5.73 Å². The van der Waals surface area contributed by atoms with Crippen molar-refractivity contribution >= 4 is 5.91 Å². The summed E-state index contributed by atoms with van der Waals surface area (Å²) in [5.41, 5.74) is 5.70. The molecule has 1 unspecified atom stereocenters. The summed E-state index contributed by atoms with van der Waals surface area (Å²) in [6, 6.07) is 0.0878. The standard InChI is InChI=1S/C17H34N2O2/c1-2-3-4-5-6-7-8-9-10-11-17(20)19-12-13-21-15-16(19)14-18/h16H,2-15,18H2,1H3. The van der Waals surface area contributed by atoms with E-state index in [0.717, 1.165) is 6.42 Å². The predicted molar refractivity (Wildman–Crippen MR) is 87.2 cm³/mol. The van der Waals surface area contributed by atoms with E-state index in [4.69, 9.17) is 10.5 Å². The summed E-state index contributed by atoms with van der Waals surface area (Å²) in [6.45, 7) is 4.71. The fraction of sp³-hybridized carbons (Fsp3) is 0.941. The molecule has 1 amide bonds. The van der Waals surface area contributed by atoms with Crippen molar-refractivity contribution in [1.29, 1.82) is 0 Å². The second-order valence-electron chi connectivity index (χ2n) is 6.13. The Labute approximate surface area is 130 Å². The van der Waals surface area contributed by atoms with Gasteiger partial charge < -0.3 is 15.4 Å². The van der Waals surface area contributed by atoms with Gasteiger partial charge in [0.25, 0.3) is 0 Å². The monoisotopic (exact) mass is 298 g/mol. The van der Waals surface area contributed by atoms with Gasteiger partial charge in [0, 0.05) is 19.5 Å². The van der Waals surface area contributed by atoms with E-state index in [9.17, 15) is 4.79 Å². The van der Waals surface area contributed by atoms with Gasteiger partial charge in [-0.2, -0.15) is 0 Å². The Kier molecular flexibility index (Phi) is 10.5. The van der Waals surface area contributed by atoms with Crippen molar-refractivity contribution in [1.82, 2.24) is 4.90 Å². The van der Waals surface area contributed by atoms with Gasteiger partial charge in [-0.25, -0.2) is 0 Å². The predicted octanol–water partition coefficient (Wildman–Crippen LogP) is 3.09. The number of amides is 1. The van der Waals surface area contributed by atoms with E-state index in [0.29, 0.717) is 32.7 Å². The maximum absolute atomic E-state index is 12.2. The van der Waals surface area contributed by atoms with E-state index in [1.807, 2.05) is 4.90 Å². The number of morpholine rings is 1. The molecule has 0 aromatic heterocycles. The van der Waals surface area contributed by atoms with Crippen molar-refractivity contribution < 1.29 is 9.53 Å². The first-order valence-corrected chi connectivity index (χ1v) is 8.86. The van der Waals surface area contributed by atoms with Gasteiger partial charge in [0.2, 0.25) is 5.91 Å². The SMILES string of the molecule is CCCCCCCCCCCC(=O)N1CCOCC1CN. The molecule has 124 valence electrons. The Balaban J connectivity index is 2.00. The number of nitrogens with two attached hydrogens (primary N) is 1. The highest BCUT2D eigenvalue weighted by Gasteiger charge is 2.25. The van der Waals surface area contributed by atoms with E-state index in [2.05, 4.69) is 6.92 Å². The van der Waals surface area contributed by atoms with Crippen LogP contribution in [0.4, 0.5) is 0 Å². The lowest BCUT2D eigenvalue weighted by molar-refractivity contribution is -0.139. The quantitative estimate of drug-likeness (QED) is 0.596. The lowest BCUT2D eigenvalue weighted by Crippen LogP contribution is -2.51. The van der Waals surface area contributed by atoms with Gasteiger partial charge in [0.15, 0.2) is 0 Å². The molecular weight excluding hydrogens is 264 g/mol. The van der Waals surface area contributed by atoms with Gasteiger partial charge in [-0.15, -0.1) is 0 Å². The van der Waals surface area contributed by atoms with E-state index in [1.165, 1.54) is 51.4 Å². The van der Waals surface area contributed by atoms with E-state index >= 15 is 0 Å². The maximum Gasteiger partial charge on any atom is 0.223 e. The third kappa shape index (κ3) is 7.82. The lowest BCUT2D eigenvalue weighted by Gasteiger charge is -2.35. The molecule has 1 atom stereocenters. The molecule has 1 fully saturated rings. The Morgan fingerprint density at radius 1 is 1.10 bits per heavy atom. The van der Waals surface area contributed by atoms with Crippen LogP contribution in [0.5, 0.6) is 0 Å². The second-order valence-corrected chi connectivity index (χ2v) is 6.13. The molecule has 0 aromatic carbocycles. The number of carbonyl (C=O) groups excluding carboxylic acids is 1. The zero-order chi connectivity index (χ0) is 15.3. The molecule has 1 heterocycles. The number of carbonyl (C=O) groups is 1. The number of nitrogens with zero attached hydrogens (tertiary/aromatic N) is 1. The smallest absolute Gasteiger partial charge is 0.223 e. The highest BCUT2D eigenvalue weighted by molar-refractivity contribution is 5.76. The summed E-state index contributed by atoms with van der Waals surface area (Å²) in [5, 5.41) is 0. The minimum atomic E-state index is 0.0878. The topological polar surface area (TPSA) is 55.6 Å². The van der Waals surface area contributed by atoms with Gasteiger partial charge in [-0.05, 0) is 6.42 Å². The summed E-state index contributed by atoms with van der Waals surface area (Å²) >= 11 is 0. The summed E-state index contributed by atoms with van der Waals surface area (Å²) < 4.78 is 5.38. The molecule has 0 aromatic rings. The average Bonchev–Trinajstić information content (AvgIpc) is 2.53. The van der Waals surface area contributed by atoms with Crippen LogP contribution in [0.1, 0.15) is 71.1 Å². The second kappa shape index (κ2) is 12.0. The van der Waals surface area contributed by atoms with Crippen LogP contribution in [-0.4, -0.2) is 43.2 Å². The molecule has 0 saturated carbocycles. The normalized spacial score (nSPS) is 19.0. The Bertz CT molecular complexity index is 272. The summed E-state index contributed by atoms with van der Waals surface area (Å²) in [7, 11) is 0. The van der Waals surface area contributed by atoms with Crippen LogP contribution in [0.15, 0.2) is 0 Å².